The lowest BCUT2D eigenvalue weighted by Gasteiger charge is -2.23. The Morgan fingerprint density at radius 1 is 0.295 bits per heavy atom. The van der Waals surface area contributed by atoms with Crippen LogP contribution in [0.25, 0.3) is 111 Å². The van der Waals surface area contributed by atoms with Gasteiger partial charge in [0.1, 0.15) is 0 Å². The Balaban J connectivity index is 0.908. The maximum Gasteiger partial charge on any atom is 0.164 e. The topological polar surface area (TPSA) is 38.7 Å². The number of rotatable bonds is 6. The summed E-state index contributed by atoms with van der Waals surface area (Å²) >= 11 is 0. The van der Waals surface area contributed by atoms with Gasteiger partial charge in [0.25, 0.3) is 0 Å². The van der Waals surface area contributed by atoms with Crippen molar-refractivity contribution in [3.63, 3.8) is 0 Å². The first kappa shape index (κ1) is 35.2. The SMILES string of the molecule is CC1(C)c2cc(-c3cccc(-c4nc(-c5ccccc5)nc(-c5ccc(-c6ccccc6)cc5)n4)c3)ccc2-c2ccc(-c3ccc4ccc5cccc6ccc3c4c56)cc21. The molecule has 11 aromatic rings. The predicted molar refractivity (Wildman–Crippen MR) is 254 cm³/mol. The van der Waals surface area contributed by atoms with Gasteiger partial charge in [0.15, 0.2) is 17.5 Å². The van der Waals surface area contributed by atoms with Crippen LogP contribution in [0.15, 0.2) is 200 Å². The van der Waals surface area contributed by atoms with Gasteiger partial charge in [-0.2, -0.15) is 0 Å². The second-order valence-electron chi connectivity index (χ2n) is 16.8. The van der Waals surface area contributed by atoms with Gasteiger partial charge < -0.3 is 0 Å². The molecule has 0 aliphatic heterocycles. The minimum absolute atomic E-state index is 0.193. The highest BCUT2D eigenvalue weighted by Crippen LogP contribution is 2.51. The maximum atomic E-state index is 5.10. The molecule has 0 saturated heterocycles. The van der Waals surface area contributed by atoms with Gasteiger partial charge in [-0.1, -0.05) is 196 Å². The van der Waals surface area contributed by atoms with E-state index >= 15 is 0 Å². The van der Waals surface area contributed by atoms with Crippen LogP contribution in [-0.4, -0.2) is 15.0 Å². The van der Waals surface area contributed by atoms with Gasteiger partial charge in [0, 0.05) is 22.1 Å². The predicted octanol–water partition coefficient (Wildman–Crippen LogP) is 15.1. The fraction of sp³-hybridized carbons (Fsp3) is 0.0517. The van der Waals surface area contributed by atoms with Crippen LogP contribution in [0.2, 0.25) is 0 Å². The molecular weight excluding hydrogens is 739 g/mol. The van der Waals surface area contributed by atoms with E-state index in [1.165, 1.54) is 76.8 Å². The number of benzene rings is 10. The van der Waals surface area contributed by atoms with Gasteiger partial charge in [-0.3, -0.25) is 0 Å². The van der Waals surface area contributed by atoms with E-state index in [-0.39, 0.29) is 5.41 Å². The summed E-state index contributed by atoms with van der Waals surface area (Å²) in [5.41, 5.74) is 15.1. The van der Waals surface area contributed by atoms with Crippen LogP contribution in [0.5, 0.6) is 0 Å². The van der Waals surface area contributed by atoms with Crippen LogP contribution < -0.4 is 0 Å². The molecule has 0 N–H and O–H groups in total. The molecule has 61 heavy (non-hydrogen) atoms. The molecule has 10 aromatic carbocycles. The van der Waals surface area contributed by atoms with E-state index in [4.69, 9.17) is 15.0 Å². The normalized spacial score (nSPS) is 12.9. The Hall–Kier alpha value is -7.75. The fourth-order valence-corrected chi connectivity index (χ4v) is 9.70. The molecule has 0 fully saturated rings. The highest BCUT2D eigenvalue weighted by molar-refractivity contribution is 6.25. The van der Waals surface area contributed by atoms with Crippen molar-refractivity contribution < 1.29 is 0 Å². The molecule has 1 heterocycles. The third-order valence-corrected chi connectivity index (χ3v) is 12.9. The van der Waals surface area contributed by atoms with Crippen LogP contribution in [0.1, 0.15) is 25.0 Å². The molecule has 0 radical (unpaired) electrons. The summed E-state index contributed by atoms with van der Waals surface area (Å²) in [5.74, 6) is 1.94. The van der Waals surface area contributed by atoms with Crippen molar-refractivity contribution in [3.05, 3.63) is 211 Å². The Bertz CT molecular complexity index is 3460. The summed E-state index contributed by atoms with van der Waals surface area (Å²) in [6, 6.07) is 72.1. The van der Waals surface area contributed by atoms with Crippen molar-refractivity contribution in [2.75, 3.05) is 0 Å². The molecule has 0 saturated carbocycles. The van der Waals surface area contributed by atoms with E-state index in [0.717, 1.165) is 27.8 Å². The summed E-state index contributed by atoms with van der Waals surface area (Å²) < 4.78 is 0. The Morgan fingerprint density at radius 2 is 0.721 bits per heavy atom. The first-order valence-electron chi connectivity index (χ1n) is 21.0. The Morgan fingerprint density at radius 3 is 1.41 bits per heavy atom. The van der Waals surface area contributed by atoms with Crippen LogP contribution >= 0.6 is 0 Å². The van der Waals surface area contributed by atoms with E-state index in [9.17, 15) is 0 Å². The smallest absolute Gasteiger partial charge is 0.164 e. The van der Waals surface area contributed by atoms with Gasteiger partial charge in [-0.15, -0.1) is 0 Å². The molecule has 1 aliphatic carbocycles. The van der Waals surface area contributed by atoms with E-state index < -0.39 is 0 Å². The summed E-state index contributed by atoms with van der Waals surface area (Å²) in [4.78, 5) is 15.2. The van der Waals surface area contributed by atoms with Gasteiger partial charge in [-0.05, 0) is 106 Å². The molecule has 0 unspecified atom stereocenters. The highest BCUT2D eigenvalue weighted by Gasteiger charge is 2.36. The lowest BCUT2D eigenvalue weighted by atomic mass is 9.80. The number of aromatic nitrogens is 3. The second kappa shape index (κ2) is 13.7. The van der Waals surface area contributed by atoms with Gasteiger partial charge >= 0.3 is 0 Å². The zero-order valence-corrected chi connectivity index (χ0v) is 33.9. The summed E-state index contributed by atoms with van der Waals surface area (Å²) in [7, 11) is 0. The van der Waals surface area contributed by atoms with Crippen LogP contribution in [0.4, 0.5) is 0 Å². The largest absolute Gasteiger partial charge is 0.208 e. The molecule has 3 heteroatoms. The maximum absolute atomic E-state index is 5.10. The third-order valence-electron chi connectivity index (χ3n) is 12.9. The van der Waals surface area contributed by atoms with Crippen molar-refractivity contribution in [3.8, 4) is 78.7 Å². The zero-order valence-electron chi connectivity index (χ0n) is 33.9. The lowest BCUT2D eigenvalue weighted by molar-refractivity contribution is 0.661. The van der Waals surface area contributed by atoms with E-state index in [1.54, 1.807) is 0 Å². The molecule has 12 rings (SSSR count). The fourth-order valence-electron chi connectivity index (χ4n) is 9.70. The van der Waals surface area contributed by atoms with Crippen molar-refractivity contribution in [1.29, 1.82) is 0 Å². The summed E-state index contributed by atoms with van der Waals surface area (Å²) in [5, 5.41) is 7.88. The first-order valence-corrected chi connectivity index (χ1v) is 21.0. The third kappa shape index (κ3) is 5.77. The standard InChI is InChI=1S/C58H39N3/c1-58(2)51-34-44(27-30-48(51)49-31-28-45(35-52(49)58)47-29-25-40-22-21-38-15-9-16-39-26-32-50(47)54(40)53(38)39)43-17-10-18-46(33-43)57-60-55(41-13-7-4-8-14-41)59-56(61-57)42-23-19-37(20-24-42)36-11-5-3-6-12-36/h3-35H,1-2H3. The van der Waals surface area contributed by atoms with Crippen LogP contribution in [0, 0.1) is 0 Å². The second-order valence-corrected chi connectivity index (χ2v) is 16.8. The molecule has 1 aliphatic rings. The van der Waals surface area contributed by atoms with Crippen molar-refractivity contribution in [1.82, 2.24) is 15.0 Å². The number of nitrogens with zero attached hydrogens (tertiary/aromatic N) is 3. The number of hydrogen-bond acceptors (Lipinski definition) is 3. The van der Waals surface area contributed by atoms with Crippen LogP contribution in [0.3, 0.4) is 0 Å². The number of hydrogen-bond donors (Lipinski definition) is 0. The quantitative estimate of drug-likeness (QED) is 0.158. The monoisotopic (exact) mass is 777 g/mol. The molecule has 0 amide bonds. The van der Waals surface area contributed by atoms with E-state index in [1.807, 2.05) is 24.3 Å². The summed E-state index contributed by atoms with van der Waals surface area (Å²) in [6.07, 6.45) is 0. The lowest BCUT2D eigenvalue weighted by Crippen LogP contribution is -2.15. The minimum atomic E-state index is -0.193. The Labute approximate surface area is 355 Å². The zero-order chi connectivity index (χ0) is 40.7. The molecule has 0 spiro atoms. The molecule has 0 bridgehead atoms. The summed E-state index contributed by atoms with van der Waals surface area (Å²) in [6.45, 7) is 4.74. The van der Waals surface area contributed by atoms with E-state index in [2.05, 4.69) is 190 Å². The minimum Gasteiger partial charge on any atom is -0.208 e. The van der Waals surface area contributed by atoms with Crippen LogP contribution in [-0.2, 0) is 5.41 Å². The average molecular weight is 778 g/mol. The molecule has 3 nitrogen and oxygen atoms in total. The van der Waals surface area contributed by atoms with Crippen molar-refractivity contribution >= 4 is 32.3 Å². The molecule has 286 valence electrons. The van der Waals surface area contributed by atoms with Gasteiger partial charge in [0.2, 0.25) is 0 Å². The van der Waals surface area contributed by atoms with Gasteiger partial charge in [-0.25, -0.2) is 15.0 Å². The van der Waals surface area contributed by atoms with E-state index in [0.29, 0.717) is 17.5 Å². The number of fused-ring (bicyclic) bond motifs is 3. The molecule has 0 atom stereocenters. The van der Waals surface area contributed by atoms with Gasteiger partial charge in [0.05, 0.1) is 0 Å². The average Bonchev–Trinajstić information content (AvgIpc) is 3.55. The van der Waals surface area contributed by atoms with Crippen molar-refractivity contribution in [2.45, 2.75) is 19.3 Å². The van der Waals surface area contributed by atoms with Crippen molar-refractivity contribution in [2.24, 2.45) is 0 Å². The Kier molecular flexibility index (Phi) is 7.88. The molecular formula is C58H39N3. The molecule has 1 aromatic heterocycles. The highest BCUT2D eigenvalue weighted by atomic mass is 15.0. The first-order chi connectivity index (χ1) is 30.0.